The number of aryl methyl sites for hydroxylation is 2. The molecular weight excluding hydrogens is 226 g/mol. The zero-order chi connectivity index (χ0) is 13.1. The van der Waals surface area contributed by atoms with Gasteiger partial charge in [0.15, 0.2) is 5.82 Å². The Kier molecular flexibility index (Phi) is 3.55. The lowest BCUT2D eigenvalue weighted by Gasteiger charge is -2.10. The Morgan fingerprint density at radius 2 is 2.17 bits per heavy atom. The van der Waals surface area contributed by atoms with E-state index in [1.165, 1.54) is 5.56 Å². The summed E-state index contributed by atoms with van der Waals surface area (Å²) in [6, 6.07) is 6.07. The van der Waals surface area contributed by atoms with E-state index in [2.05, 4.69) is 30.1 Å². The third-order valence-corrected chi connectivity index (χ3v) is 2.99. The van der Waals surface area contributed by atoms with E-state index < -0.39 is 0 Å². The Bertz CT molecular complexity index is 546. The normalized spacial score (nSPS) is 10.6. The molecule has 2 rings (SSSR count). The number of anilines is 1. The van der Waals surface area contributed by atoms with Crippen LogP contribution in [0.1, 0.15) is 24.6 Å². The summed E-state index contributed by atoms with van der Waals surface area (Å²) in [5.41, 5.74) is 10.2. The number of rotatable bonds is 4. The van der Waals surface area contributed by atoms with Crippen LogP contribution in [-0.4, -0.2) is 17.3 Å². The van der Waals surface area contributed by atoms with Crippen LogP contribution in [0.2, 0.25) is 0 Å². The van der Waals surface area contributed by atoms with E-state index in [4.69, 9.17) is 10.5 Å². The summed E-state index contributed by atoms with van der Waals surface area (Å²) in [4.78, 5) is 0. The Morgan fingerprint density at radius 3 is 2.83 bits per heavy atom. The van der Waals surface area contributed by atoms with Crippen LogP contribution in [0.5, 0.6) is 5.75 Å². The van der Waals surface area contributed by atoms with E-state index in [-0.39, 0.29) is 0 Å². The smallest absolute Gasteiger partial charge is 0.153 e. The van der Waals surface area contributed by atoms with Crippen molar-refractivity contribution in [2.75, 3.05) is 12.8 Å². The monoisotopic (exact) mass is 245 g/mol. The van der Waals surface area contributed by atoms with Gasteiger partial charge in [0, 0.05) is 11.3 Å². The number of nitrogens with zero attached hydrogens (tertiary/aromatic N) is 1. The lowest BCUT2D eigenvalue weighted by atomic mass is 10.00. The zero-order valence-electron chi connectivity index (χ0n) is 11.1. The third-order valence-electron chi connectivity index (χ3n) is 2.99. The van der Waals surface area contributed by atoms with Crippen molar-refractivity contribution < 1.29 is 4.74 Å². The van der Waals surface area contributed by atoms with Gasteiger partial charge in [-0.1, -0.05) is 25.0 Å². The molecule has 2 aromatic rings. The van der Waals surface area contributed by atoms with E-state index in [0.717, 1.165) is 35.4 Å². The first kappa shape index (κ1) is 12.5. The van der Waals surface area contributed by atoms with Crippen LogP contribution < -0.4 is 10.5 Å². The molecule has 18 heavy (non-hydrogen) atoms. The number of ether oxygens (including phenoxy) is 1. The van der Waals surface area contributed by atoms with Crippen molar-refractivity contribution in [3.63, 3.8) is 0 Å². The Balaban J connectivity index is 2.60. The summed E-state index contributed by atoms with van der Waals surface area (Å²) in [5, 5.41) is 7.13. The van der Waals surface area contributed by atoms with E-state index in [0.29, 0.717) is 5.82 Å². The second kappa shape index (κ2) is 5.12. The van der Waals surface area contributed by atoms with Crippen molar-refractivity contribution in [2.45, 2.75) is 26.7 Å². The van der Waals surface area contributed by atoms with Gasteiger partial charge in [-0.05, 0) is 25.5 Å². The number of H-pyrrole nitrogens is 1. The molecule has 4 heteroatoms. The molecule has 96 valence electrons. The quantitative estimate of drug-likeness (QED) is 0.870. The molecule has 0 fully saturated rings. The standard InChI is InChI=1S/C14H19N3O/c1-4-5-11-13(14(15)17-16-11)10-8-9(2)6-7-12(10)18-3/h6-8H,4-5H2,1-3H3,(H3,15,16,17). The van der Waals surface area contributed by atoms with E-state index in [9.17, 15) is 0 Å². The van der Waals surface area contributed by atoms with Crippen molar-refractivity contribution in [1.29, 1.82) is 0 Å². The fourth-order valence-electron chi connectivity index (χ4n) is 2.14. The molecule has 0 saturated carbocycles. The van der Waals surface area contributed by atoms with Crippen molar-refractivity contribution in [3.8, 4) is 16.9 Å². The third kappa shape index (κ3) is 2.18. The molecule has 4 nitrogen and oxygen atoms in total. The molecule has 3 N–H and O–H groups in total. The van der Waals surface area contributed by atoms with Gasteiger partial charge in [-0.25, -0.2) is 0 Å². The molecule has 0 unspecified atom stereocenters. The van der Waals surface area contributed by atoms with Crippen LogP contribution in [0, 0.1) is 6.92 Å². The van der Waals surface area contributed by atoms with Crippen LogP contribution in [0.25, 0.3) is 11.1 Å². The van der Waals surface area contributed by atoms with E-state index in [1.54, 1.807) is 7.11 Å². The molecule has 0 aliphatic carbocycles. The SMILES string of the molecule is CCCc1[nH]nc(N)c1-c1cc(C)ccc1OC. The predicted octanol–water partition coefficient (Wildman–Crippen LogP) is 2.93. The van der Waals surface area contributed by atoms with Crippen LogP contribution >= 0.6 is 0 Å². The van der Waals surface area contributed by atoms with Crippen LogP contribution in [0.15, 0.2) is 18.2 Å². The predicted molar refractivity (Wildman–Crippen MR) is 73.7 cm³/mol. The van der Waals surface area contributed by atoms with E-state index >= 15 is 0 Å². The van der Waals surface area contributed by atoms with Crippen LogP contribution in [0.3, 0.4) is 0 Å². The molecule has 0 bridgehead atoms. The Morgan fingerprint density at radius 1 is 1.39 bits per heavy atom. The largest absolute Gasteiger partial charge is 0.496 e. The molecule has 1 aromatic carbocycles. The van der Waals surface area contributed by atoms with Gasteiger partial charge in [0.25, 0.3) is 0 Å². The van der Waals surface area contributed by atoms with Gasteiger partial charge in [0.1, 0.15) is 5.75 Å². The van der Waals surface area contributed by atoms with E-state index in [1.807, 2.05) is 12.1 Å². The second-order valence-corrected chi connectivity index (χ2v) is 4.42. The first-order chi connectivity index (χ1) is 8.67. The number of nitrogen functional groups attached to an aromatic ring is 1. The topological polar surface area (TPSA) is 63.9 Å². The maximum atomic E-state index is 5.98. The summed E-state index contributed by atoms with van der Waals surface area (Å²) >= 11 is 0. The fourth-order valence-corrected chi connectivity index (χ4v) is 2.14. The molecule has 0 aliphatic rings. The number of hydrogen-bond donors (Lipinski definition) is 2. The summed E-state index contributed by atoms with van der Waals surface area (Å²) in [6.45, 7) is 4.19. The highest BCUT2D eigenvalue weighted by molar-refractivity contribution is 5.81. The zero-order valence-corrected chi connectivity index (χ0v) is 11.1. The highest BCUT2D eigenvalue weighted by atomic mass is 16.5. The maximum Gasteiger partial charge on any atom is 0.153 e. The van der Waals surface area contributed by atoms with Crippen LogP contribution in [0.4, 0.5) is 5.82 Å². The molecule has 0 saturated heterocycles. The van der Waals surface area contributed by atoms with Gasteiger partial charge < -0.3 is 10.5 Å². The van der Waals surface area contributed by atoms with Crippen LogP contribution in [-0.2, 0) is 6.42 Å². The minimum Gasteiger partial charge on any atom is -0.496 e. The number of nitrogens with one attached hydrogen (secondary N) is 1. The number of aromatic amines is 1. The molecule has 0 amide bonds. The van der Waals surface area contributed by atoms with Gasteiger partial charge in [-0.2, -0.15) is 5.10 Å². The molecule has 0 spiro atoms. The van der Waals surface area contributed by atoms with Crippen molar-refractivity contribution in [2.24, 2.45) is 0 Å². The number of hydrogen-bond acceptors (Lipinski definition) is 3. The molecule has 0 aliphatic heterocycles. The lowest BCUT2D eigenvalue weighted by Crippen LogP contribution is -1.95. The van der Waals surface area contributed by atoms with Gasteiger partial charge in [-0.3, -0.25) is 5.10 Å². The number of benzene rings is 1. The van der Waals surface area contributed by atoms with Gasteiger partial charge in [-0.15, -0.1) is 0 Å². The highest BCUT2D eigenvalue weighted by Crippen LogP contribution is 2.36. The maximum absolute atomic E-state index is 5.98. The first-order valence-electron chi connectivity index (χ1n) is 6.15. The molecule has 1 heterocycles. The highest BCUT2D eigenvalue weighted by Gasteiger charge is 2.16. The number of nitrogens with two attached hydrogens (primary N) is 1. The molecular formula is C14H19N3O. The number of aromatic nitrogens is 2. The average molecular weight is 245 g/mol. The summed E-state index contributed by atoms with van der Waals surface area (Å²) in [5.74, 6) is 1.36. The molecule has 1 aromatic heterocycles. The second-order valence-electron chi connectivity index (χ2n) is 4.42. The fraction of sp³-hybridized carbons (Fsp3) is 0.357. The van der Waals surface area contributed by atoms with Crippen molar-refractivity contribution in [3.05, 3.63) is 29.5 Å². The molecule has 0 atom stereocenters. The summed E-state index contributed by atoms with van der Waals surface area (Å²) in [6.07, 6.45) is 1.97. The Labute approximate surface area is 107 Å². The van der Waals surface area contributed by atoms with Gasteiger partial charge >= 0.3 is 0 Å². The Hall–Kier alpha value is -1.97. The number of methoxy groups -OCH3 is 1. The minimum absolute atomic E-state index is 0.530. The lowest BCUT2D eigenvalue weighted by molar-refractivity contribution is 0.416. The van der Waals surface area contributed by atoms with Crippen molar-refractivity contribution >= 4 is 5.82 Å². The summed E-state index contributed by atoms with van der Waals surface area (Å²) in [7, 11) is 1.67. The first-order valence-corrected chi connectivity index (χ1v) is 6.15. The van der Waals surface area contributed by atoms with Gasteiger partial charge in [0.2, 0.25) is 0 Å². The average Bonchev–Trinajstić information content (AvgIpc) is 2.71. The van der Waals surface area contributed by atoms with Crippen molar-refractivity contribution in [1.82, 2.24) is 10.2 Å². The minimum atomic E-state index is 0.530. The molecule has 0 radical (unpaired) electrons. The summed E-state index contributed by atoms with van der Waals surface area (Å²) < 4.78 is 5.42. The van der Waals surface area contributed by atoms with Gasteiger partial charge in [0.05, 0.1) is 12.7 Å².